The monoisotopic (exact) mass is 590 g/mol. The summed E-state index contributed by atoms with van der Waals surface area (Å²) < 4.78 is 64.6. The van der Waals surface area contributed by atoms with Gasteiger partial charge in [0.15, 0.2) is 23.3 Å². The van der Waals surface area contributed by atoms with E-state index in [-0.39, 0.29) is 12.3 Å². The maximum atomic E-state index is 16.7. The minimum atomic E-state index is -3.83. The Hall–Kier alpha value is -3.73. The molecule has 2 heterocycles. The lowest BCUT2D eigenvalue weighted by Gasteiger charge is -2.33. The van der Waals surface area contributed by atoms with E-state index in [1.165, 1.54) is 21.0 Å². The minimum absolute atomic E-state index is 0.114. The van der Waals surface area contributed by atoms with Crippen LogP contribution in [0.1, 0.15) is 40.3 Å². The van der Waals surface area contributed by atoms with Crippen molar-refractivity contribution in [1.29, 1.82) is 0 Å². The van der Waals surface area contributed by atoms with Crippen LogP contribution in [0, 0.1) is 5.92 Å². The van der Waals surface area contributed by atoms with Gasteiger partial charge in [-0.05, 0) is 0 Å². The average Bonchev–Trinajstić information content (AvgIpc) is 3.13. The summed E-state index contributed by atoms with van der Waals surface area (Å²) in [4.78, 5) is 61.6. The van der Waals surface area contributed by atoms with Gasteiger partial charge < -0.3 is 33.7 Å². The van der Waals surface area contributed by atoms with Gasteiger partial charge in [-0.3, -0.25) is 19.2 Å². The molecular formula is C24H32F2N4O11. The molecule has 2 unspecified atom stereocenters. The number of hydrogen-bond acceptors (Lipinski definition) is 13. The first kappa shape index (κ1) is 31.8. The predicted molar refractivity (Wildman–Crippen MR) is 128 cm³/mol. The average molecular weight is 591 g/mol. The minimum Gasteiger partial charge on any atom is -0.465 e. The first-order chi connectivity index (χ1) is 19.1. The van der Waals surface area contributed by atoms with Gasteiger partial charge in [0, 0.05) is 33.8 Å². The second kappa shape index (κ2) is 11.6. The summed E-state index contributed by atoms with van der Waals surface area (Å²) in [5.41, 5.74) is -4.88. The van der Waals surface area contributed by atoms with Crippen LogP contribution < -0.4 is 5.32 Å². The molecule has 1 saturated carbocycles. The lowest BCUT2D eigenvalue weighted by Crippen LogP contribution is -2.56. The van der Waals surface area contributed by atoms with Crippen molar-refractivity contribution < 1.29 is 61.2 Å². The van der Waals surface area contributed by atoms with Crippen LogP contribution in [-0.4, -0.2) is 101 Å². The molecule has 3 rings (SSSR count). The third kappa shape index (κ3) is 5.23. The molecule has 0 radical (unpaired) electrons. The Morgan fingerprint density at radius 1 is 1.10 bits per heavy atom. The number of hydrogen-bond donors (Lipinski definition) is 1. The number of nitrogens with one attached hydrogen (secondary N) is 1. The number of ether oxygens (including phenoxy) is 6. The van der Waals surface area contributed by atoms with Gasteiger partial charge in [-0.15, -0.1) is 5.10 Å². The molecule has 1 aromatic heterocycles. The Kier molecular flexibility index (Phi) is 9.02. The highest BCUT2D eigenvalue weighted by Gasteiger charge is 2.98. The summed E-state index contributed by atoms with van der Waals surface area (Å²) in [7, 11) is 2.14. The first-order valence-electron chi connectivity index (χ1n) is 12.4. The largest absolute Gasteiger partial charge is 0.465 e. The Balaban J connectivity index is 2.35. The van der Waals surface area contributed by atoms with E-state index < -0.39 is 83.7 Å². The molecule has 17 heteroatoms. The Labute approximate surface area is 233 Å². The molecule has 1 aromatic rings. The van der Waals surface area contributed by atoms with Crippen molar-refractivity contribution in [3.05, 3.63) is 11.9 Å². The second-order valence-electron chi connectivity index (χ2n) is 9.88. The molecule has 2 aliphatic rings. The molecule has 0 aromatic carbocycles. The van der Waals surface area contributed by atoms with Crippen LogP contribution in [0.25, 0.3) is 0 Å². The number of alkyl halides is 2. The Morgan fingerprint density at radius 2 is 1.73 bits per heavy atom. The van der Waals surface area contributed by atoms with E-state index in [0.29, 0.717) is 0 Å². The number of fused-ring (bicyclic) bond motifs is 1. The van der Waals surface area contributed by atoms with Gasteiger partial charge in [-0.2, -0.15) is 4.39 Å². The highest BCUT2D eigenvalue weighted by molar-refractivity contribution is 5.83. The normalized spacial score (nSPS) is 29.6. The molecule has 1 N–H and O–H groups in total. The van der Waals surface area contributed by atoms with E-state index >= 15 is 8.78 Å². The summed E-state index contributed by atoms with van der Waals surface area (Å²) in [6.45, 7) is 5.13. The number of esters is 4. The number of carbonyl (C=O) groups is 5. The van der Waals surface area contributed by atoms with Crippen molar-refractivity contribution in [2.24, 2.45) is 5.92 Å². The van der Waals surface area contributed by atoms with Gasteiger partial charge in [0.2, 0.25) is 12.1 Å². The summed E-state index contributed by atoms with van der Waals surface area (Å²) in [5.74, 6) is -9.79. The molecule has 0 bridgehead atoms. The number of nitrogens with zero attached hydrogens (tertiary/aromatic N) is 3. The van der Waals surface area contributed by atoms with Crippen molar-refractivity contribution in [1.82, 2.24) is 20.3 Å². The molecule has 15 nitrogen and oxygen atoms in total. The van der Waals surface area contributed by atoms with E-state index in [1.807, 2.05) is 0 Å². The fourth-order valence-electron chi connectivity index (χ4n) is 5.14. The van der Waals surface area contributed by atoms with Crippen molar-refractivity contribution in [3.63, 3.8) is 0 Å². The number of carbonyl (C=O) groups excluding carboxylic acids is 5. The van der Waals surface area contributed by atoms with Gasteiger partial charge in [-0.1, -0.05) is 19.1 Å². The lowest BCUT2D eigenvalue weighted by molar-refractivity contribution is -0.240. The summed E-state index contributed by atoms with van der Waals surface area (Å²) in [5, 5.41) is 10.3. The standard InChI is InChI=1S/C24H32F2N4O11/c1-11(2)18(34)27-20-22(30-8-15(9-36-6)28-29-30)19(25)24(26,21(35)37-7)41-23(20,22)17(40-14(5)33)16(39-13(4)32)10-38-12(3)31/h8,11,16-17,19-20H,9-10H2,1-7H3,(H,27,34)/t16-,17-,19+,20-,22?,23?,24-/m1/s1. The zero-order valence-electron chi connectivity index (χ0n) is 23.5. The highest BCUT2D eigenvalue weighted by atomic mass is 19.2. The molecule has 1 aliphatic heterocycles. The van der Waals surface area contributed by atoms with Gasteiger partial charge in [-0.25, -0.2) is 13.9 Å². The van der Waals surface area contributed by atoms with Gasteiger partial charge in [0.05, 0.1) is 26.0 Å². The summed E-state index contributed by atoms with van der Waals surface area (Å²) >= 11 is 0. The highest BCUT2D eigenvalue weighted by Crippen LogP contribution is 2.71. The third-order valence-electron chi connectivity index (χ3n) is 6.75. The maximum Gasteiger partial charge on any atom is 0.375 e. The Bertz CT molecular complexity index is 1210. The van der Waals surface area contributed by atoms with E-state index in [1.54, 1.807) is 0 Å². The molecule has 7 atom stereocenters. The van der Waals surface area contributed by atoms with Crippen molar-refractivity contribution >= 4 is 29.8 Å². The number of methoxy groups -OCH3 is 2. The van der Waals surface area contributed by atoms with E-state index in [9.17, 15) is 24.0 Å². The first-order valence-corrected chi connectivity index (χ1v) is 12.4. The second-order valence-corrected chi connectivity index (χ2v) is 9.88. The third-order valence-corrected chi connectivity index (χ3v) is 6.75. The van der Waals surface area contributed by atoms with Crippen molar-refractivity contribution in [2.75, 3.05) is 20.8 Å². The van der Waals surface area contributed by atoms with Crippen LogP contribution in [-0.2, 0) is 64.5 Å². The van der Waals surface area contributed by atoms with Crippen molar-refractivity contribution in [2.45, 2.75) is 82.6 Å². The SMILES string of the molecule is COCc1cn(C23[C@@H](NC(=O)C(C)C)C2([C@H](OC(C)=O)[C@@H](COC(C)=O)OC(C)=O)O[C@@](F)(C(=O)OC)[C@H]3F)nn1. The molecule has 228 valence electrons. The van der Waals surface area contributed by atoms with Gasteiger partial charge in [0.25, 0.3) is 0 Å². The molecule has 0 spiro atoms. The molecular weight excluding hydrogens is 558 g/mol. The zero-order valence-corrected chi connectivity index (χ0v) is 23.5. The quantitative estimate of drug-likeness (QED) is 0.246. The smallest absolute Gasteiger partial charge is 0.375 e. The predicted octanol–water partition coefficient (Wildman–Crippen LogP) is -0.353. The summed E-state index contributed by atoms with van der Waals surface area (Å²) in [6.07, 6.45) is -5.54. The van der Waals surface area contributed by atoms with Gasteiger partial charge in [0.1, 0.15) is 12.3 Å². The Morgan fingerprint density at radius 3 is 2.24 bits per heavy atom. The molecule has 1 amide bonds. The van der Waals surface area contributed by atoms with E-state index in [4.69, 9.17) is 23.7 Å². The van der Waals surface area contributed by atoms with Crippen LogP contribution in [0.15, 0.2) is 6.20 Å². The van der Waals surface area contributed by atoms with E-state index in [2.05, 4.69) is 20.4 Å². The summed E-state index contributed by atoms with van der Waals surface area (Å²) in [6, 6.07) is -1.61. The van der Waals surface area contributed by atoms with Crippen LogP contribution >= 0.6 is 0 Å². The van der Waals surface area contributed by atoms with Crippen LogP contribution in [0.3, 0.4) is 0 Å². The fourth-order valence-corrected chi connectivity index (χ4v) is 5.14. The van der Waals surface area contributed by atoms with E-state index in [0.717, 1.165) is 38.8 Å². The number of aromatic nitrogens is 3. The molecule has 2 fully saturated rings. The lowest BCUT2D eigenvalue weighted by atomic mass is 9.97. The van der Waals surface area contributed by atoms with Crippen LogP contribution in [0.2, 0.25) is 0 Å². The molecule has 1 aliphatic carbocycles. The van der Waals surface area contributed by atoms with Gasteiger partial charge >= 0.3 is 29.7 Å². The fraction of sp³-hybridized carbons (Fsp3) is 0.708. The topological polar surface area (TPSA) is 183 Å². The number of rotatable bonds is 12. The number of halogens is 2. The number of amides is 1. The maximum absolute atomic E-state index is 16.7. The zero-order chi connectivity index (χ0) is 30.9. The molecule has 41 heavy (non-hydrogen) atoms. The van der Waals surface area contributed by atoms with Crippen molar-refractivity contribution in [3.8, 4) is 0 Å². The van der Waals surface area contributed by atoms with Crippen LogP contribution in [0.5, 0.6) is 0 Å². The van der Waals surface area contributed by atoms with Crippen LogP contribution in [0.4, 0.5) is 8.78 Å². The molecule has 1 saturated heterocycles.